The molecule has 25 heavy (non-hydrogen) atoms. The molecule has 2 fully saturated rings. The Hall–Kier alpha value is -1.69. The van der Waals surface area contributed by atoms with Crippen LogP contribution in [0, 0.1) is 17.7 Å². The van der Waals surface area contributed by atoms with Crippen LogP contribution in [0.25, 0.3) is 10.2 Å². The van der Waals surface area contributed by atoms with Crippen molar-refractivity contribution in [2.24, 2.45) is 11.8 Å². The van der Waals surface area contributed by atoms with Gasteiger partial charge in [0.05, 0.1) is 16.1 Å². The Morgan fingerprint density at radius 1 is 1.24 bits per heavy atom. The van der Waals surface area contributed by atoms with E-state index in [1.54, 1.807) is 6.07 Å². The Bertz CT molecular complexity index is 769. The molecule has 2 aliphatic heterocycles. The first kappa shape index (κ1) is 16.8. The molecule has 1 unspecified atom stereocenters. The van der Waals surface area contributed by atoms with Gasteiger partial charge in [0.25, 0.3) is 0 Å². The van der Waals surface area contributed by atoms with Gasteiger partial charge in [-0.3, -0.25) is 4.79 Å². The van der Waals surface area contributed by atoms with Gasteiger partial charge in [0.15, 0.2) is 5.13 Å². The molecule has 0 saturated carbocycles. The van der Waals surface area contributed by atoms with E-state index < -0.39 is 0 Å². The summed E-state index contributed by atoms with van der Waals surface area (Å²) < 4.78 is 14.3. The summed E-state index contributed by atoms with van der Waals surface area (Å²) in [5.41, 5.74) is 0.833. The number of aromatic nitrogens is 1. The summed E-state index contributed by atoms with van der Waals surface area (Å²) >= 11 is 1.52. The quantitative estimate of drug-likeness (QED) is 0.814. The van der Waals surface area contributed by atoms with E-state index >= 15 is 0 Å². The zero-order chi connectivity index (χ0) is 17.4. The second-order valence-corrected chi connectivity index (χ2v) is 8.41. The third kappa shape index (κ3) is 3.50. The largest absolute Gasteiger partial charge is 0.347 e. The minimum atomic E-state index is -0.228. The lowest BCUT2D eigenvalue weighted by atomic mass is 9.94. The zero-order valence-corrected chi connectivity index (χ0v) is 15.4. The average Bonchev–Trinajstić information content (AvgIpc) is 3.05. The Morgan fingerprint density at radius 2 is 2.04 bits per heavy atom. The van der Waals surface area contributed by atoms with E-state index in [1.807, 2.05) is 0 Å². The van der Waals surface area contributed by atoms with Crippen LogP contribution in [0.4, 0.5) is 9.52 Å². The number of halogens is 1. The molecule has 1 amide bonds. The molecule has 4 nitrogen and oxygen atoms in total. The third-order valence-electron chi connectivity index (χ3n) is 5.48. The molecule has 6 heteroatoms. The fraction of sp³-hybridized carbons (Fsp3) is 0.579. The van der Waals surface area contributed by atoms with Gasteiger partial charge in [-0.05, 0) is 49.8 Å². The van der Waals surface area contributed by atoms with Crippen LogP contribution in [-0.2, 0) is 4.79 Å². The molecule has 0 aliphatic carbocycles. The molecule has 134 valence electrons. The van der Waals surface area contributed by atoms with E-state index in [0.717, 1.165) is 73.1 Å². The molecular formula is C19H24FN3OS. The Morgan fingerprint density at radius 3 is 2.84 bits per heavy atom. The highest BCUT2D eigenvalue weighted by atomic mass is 32.1. The minimum Gasteiger partial charge on any atom is -0.347 e. The summed E-state index contributed by atoms with van der Waals surface area (Å²) in [7, 11) is 0. The molecule has 4 rings (SSSR count). The van der Waals surface area contributed by atoms with Crippen molar-refractivity contribution in [1.29, 1.82) is 0 Å². The highest BCUT2D eigenvalue weighted by molar-refractivity contribution is 7.22. The summed E-state index contributed by atoms with van der Waals surface area (Å²) in [6.45, 7) is 5.71. The number of thiazole rings is 1. The van der Waals surface area contributed by atoms with E-state index in [1.165, 1.54) is 23.5 Å². The molecule has 0 spiro atoms. The van der Waals surface area contributed by atoms with Crippen LogP contribution in [0.3, 0.4) is 0 Å². The van der Waals surface area contributed by atoms with Gasteiger partial charge in [-0.1, -0.05) is 18.3 Å². The second-order valence-electron chi connectivity index (χ2n) is 7.40. The van der Waals surface area contributed by atoms with E-state index in [2.05, 4.69) is 21.7 Å². The van der Waals surface area contributed by atoms with Gasteiger partial charge in [0.2, 0.25) is 5.91 Å². The van der Waals surface area contributed by atoms with Crippen LogP contribution in [0.15, 0.2) is 18.2 Å². The SMILES string of the molecule is CC1CCN(C(=O)C2CCCN(c3nc4ccc(F)cc4s3)C2)CC1. The second kappa shape index (κ2) is 6.90. The van der Waals surface area contributed by atoms with Crippen LogP contribution in [-0.4, -0.2) is 42.0 Å². The van der Waals surface area contributed by atoms with Crippen molar-refractivity contribution >= 4 is 32.6 Å². The van der Waals surface area contributed by atoms with Crippen molar-refractivity contribution in [3.63, 3.8) is 0 Å². The van der Waals surface area contributed by atoms with Crippen LogP contribution in [0.2, 0.25) is 0 Å². The number of hydrogen-bond acceptors (Lipinski definition) is 4. The Balaban J connectivity index is 1.47. The lowest BCUT2D eigenvalue weighted by Gasteiger charge is -2.37. The first-order valence-electron chi connectivity index (χ1n) is 9.20. The first-order chi connectivity index (χ1) is 12.1. The first-order valence-corrected chi connectivity index (χ1v) is 10.0. The monoisotopic (exact) mass is 361 g/mol. The third-order valence-corrected chi connectivity index (χ3v) is 6.55. The minimum absolute atomic E-state index is 0.0610. The van der Waals surface area contributed by atoms with Gasteiger partial charge >= 0.3 is 0 Å². The maximum absolute atomic E-state index is 13.4. The Kier molecular flexibility index (Phi) is 4.63. The average molecular weight is 361 g/mol. The zero-order valence-electron chi connectivity index (χ0n) is 14.6. The summed E-state index contributed by atoms with van der Waals surface area (Å²) in [5.74, 6) is 0.874. The summed E-state index contributed by atoms with van der Waals surface area (Å²) in [5, 5.41) is 0.908. The molecule has 0 N–H and O–H groups in total. The number of carbonyl (C=O) groups excluding carboxylic acids is 1. The Labute approximate surface area is 151 Å². The number of anilines is 1. The molecule has 2 aliphatic rings. The van der Waals surface area contributed by atoms with Crippen LogP contribution < -0.4 is 4.90 Å². The fourth-order valence-electron chi connectivity index (χ4n) is 3.86. The lowest BCUT2D eigenvalue weighted by Crippen LogP contribution is -2.47. The van der Waals surface area contributed by atoms with Gasteiger partial charge in [-0.15, -0.1) is 0 Å². The highest BCUT2D eigenvalue weighted by Crippen LogP contribution is 2.32. The standard InChI is InChI=1S/C19H24FN3OS/c1-13-6-9-22(10-7-13)18(24)14-3-2-8-23(12-14)19-21-16-5-4-15(20)11-17(16)25-19/h4-5,11,13-14H,2-3,6-10,12H2,1H3. The van der Waals surface area contributed by atoms with Crippen LogP contribution in [0.1, 0.15) is 32.6 Å². The van der Waals surface area contributed by atoms with Crippen molar-refractivity contribution in [3.05, 3.63) is 24.0 Å². The molecule has 2 aromatic rings. The summed E-state index contributed by atoms with van der Waals surface area (Å²) in [4.78, 5) is 21.8. The van der Waals surface area contributed by atoms with E-state index in [4.69, 9.17) is 0 Å². The smallest absolute Gasteiger partial charge is 0.227 e. The molecule has 1 atom stereocenters. The molecular weight excluding hydrogens is 337 g/mol. The van der Waals surface area contributed by atoms with Gasteiger partial charge in [-0.2, -0.15) is 0 Å². The molecule has 3 heterocycles. The molecule has 1 aromatic carbocycles. The number of benzene rings is 1. The van der Waals surface area contributed by atoms with Crippen molar-refractivity contribution in [2.75, 3.05) is 31.1 Å². The number of piperidine rings is 2. The van der Waals surface area contributed by atoms with Crippen molar-refractivity contribution in [1.82, 2.24) is 9.88 Å². The number of fused-ring (bicyclic) bond motifs is 1. The number of likely N-dealkylation sites (tertiary alicyclic amines) is 1. The maximum Gasteiger partial charge on any atom is 0.227 e. The molecule has 1 aromatic heterocycles. The molecule has 0 bridgehead atoms. The number of carbonyl (C=O) groups is 1. The van der Waals surface area contributed by atoms with Crippen molar-refractivity contribution < 1.29 is 9.18 Å². The van der Waals surface area contributed by atoms with Gasteiger partial charge in [0, 0.05) is 26.2 Å². The van der Waals surface area contributed by atoms with Crippen molar-refractivity contribution in [2.45, 2.75) is 32.6 Å². The molecule has 0 radical (unpaired) electrons. The molecule has 2 saturated heterocycles. The van der Waals surface area contributed by atoms with Crippen LogP contribution in [0.5, 0.6) is 0 Å². The number of rotatable bonds is 2. The summed E-state index contributed by atoms with van der Waals surface area (Å²) in [6.07, 6.45) is 4.20. The number of hydrogen-bond donors (Lipinski definition) is 0. The maximum atomic E-state index is 13.4. The topological polar surface area (TPSA) is 36.4 Å². The van der Waals surface area contributed by atoms with Gasteiger partial charge in [-0.25, -0.2) is 9.37 Å². The number of amides is 1. The predicted molar refractivity (Wildman–Crippen MR) is 99.5 cm³/mol. The lowest BCUT2D eigenvalue weighted by molar-refractivity contribution is -0.137. The van der Waals surface area contributed by atoms with E-state index in [0.29, 0.717) is 5.91 Å². The van der Waals surface area contributed by atoms with Gasteiger partial charge in [0.1, 0.15) is 5.82 Å². The van der Waals surface area contributed by atoms with E-state index in [9.17, 15) is 9.18 Å². The van der Waals surface area contributed by atoms with Gasteiger partial charge < -0.3 is 9.80 Å². The normalized spacial score (nSPS) is 22.6. The van der Waals surface area contributed by atoms with E-state index in [-0.39, 0.29) is 11.7 Å². The number of nitrogens with zero attached hydrogens (tertiary/aromatic N) is 3. The fourth-order valence-corrected chi connectivity index (χ4v) is 4.89. The summed E-state index contributed by atoms with van der Waals surface area (Å²) in [6, 6.07) is 4.72. The van der Waals surface area contributed by atoms with Crippen LogP contribution >= 0.6 is 11.3 Å². The van der Waals surface area contributed by atoms with Crippen molar-refractivity contribution in [3.8, 4) is 0 Å². The highest BCUT2D eigenvalue weighted by Gasteiger charge is 2.31. The predicted octanol–water partition coefficient (Wildman–Crippen LogP) is 3.91.